The number of fused-ring (bicyclic) bond motifs is 1. The molecule has 0 fully saturated rings. The molecule has 0 aromatic heterocycles. The highest BCUT2D eigenvalue weighted by atomic mass is 79.9. The van der Waals surface area contributed by atoms with E-state index >= 15 is 0 Å². The molecule has 2 aromatic carbocycles. The highest BCUT2D eigenvalue weighted by Gasteiger charge is 2.21. The van der Waals surface area contributed by atoms with Crippen molar-refractivity contribution in [1.29, 1.82) is 0 Å². The summed E-state index contributed by atoms with van der Waals surface area (Å²) in [4.78, 5) is 1.26. The Kier molecular flexibility index (Phi) is 4.24. The summed E-state index contributed by atoms with van der Waals surface area (Å²) >= 11 is 11.2. The van der Waals surface area contributed by atoms with Crippen molar-refractivity contribution in [3.8, 4) is 0 Å². The zero-order valence-corrected chi connectivity index (χ0v) is 13.7. The summed E-state index contributed by atoms with van der Waals surface area (Å²) in [5, 5.41) is 4.21. The Bertz CT molecular complexity index is 650. The van der Waals surface area contributed by atoms with Crippen LogP contribution in [-0.2, 0) is 0 Å². The summed E-state index contributed by atoms with van der Waals surface area (Å²) in [6, 6.07) is 11.2. The number of thioether (sulfide) groups is 1. The van der Waals surface area contributed by atoms with Gasteiger partial charge < -0.3 is 5.32 Å². The van der Waals surface area contributed by atoms with E-state index in [9.17, 15) is 4.39 Å². The van der Waals surface area contributed by atoms with Crippen LogP contribution in [-0.4, -0.2) is 5.75 Å². The summed E-state index contributed by atoms with van der Waals surface area (Å²) < 4.78 is 13.7. The molecule has 1 heterocycles. The Morgan fingerprint density at radius 1 is 1.25 bits per heavy atom. The van der Waals surface area contributed by atoms with Crippen LogP contribution in [0.1, 0.15) is 18.0 Å². The highest BCUT2D eigenvalue weighted by Crippen LogP contribution is 2.39. The zero-order valence-electron chi connectivity index (χ0n) is 10.5. The van der Waals surface area contributed by atoms with Crippen molar-refractivity contribution >= 4 is 45.0 Å². The number of rotatable bonds is 2. The topological polar surface area (TPSA) is 12.0 Å². The van der Waals surface area contributed by atoms with Gasteiger partial charge in [-0.3, -0.25) is 0 Å². The quantitative estimate of drug-likeness (QED) is 0.705. The van der Waals surface area contributed by atoms with Gasteiger partial charge in [-0.25, -0.2) is 4.39 Å². The third-order valence-corrected chi connectivity index (χ3v) is 5.24. The van der Waals surface area contributed by atoms with Crippen molar-refractivity contribution < 1.29 is 4.39 Å². The van der Waals surface area contributed by atoms with E-state index in [2.05, 4.69) is 27.3 Å². The van der Waals surface area contributed by atoms with Crippen molar-refractivity contribution in [2.45, 2.75) is 17.4 Å². The molecule has 1 atom stereocenters. The summed E-state index contributed by atoms with van der Waals surface area (Å²) in [5.74, 6) is 0.812. The van der Waals surface area contributed by atoms with Crippen LogP contribution < -0.4 is 5.32 Å². The first kappa shape index (κ1) is 14.2. The average Bonchev–Trinajstić information content (AvgIpc) is 2.44. The largest absolute Gasteiger partial charge is 0.378 e. The molecule has 104 valence electrons. The van der Waals surface area contributed by atoms with E-state index < -0.39 is 0 Å². The number of halogens is 3. The number of benzene rings is 2. The van der Waals surface area contributed by atoms with Crippen molar-refractivity contribution in [3.63, 3.8) is 0 Å². The van der Waals surface area contributed by atoms with E-state index in [1.165, 1.54) is 16.5 Å². The van der Waals surface area contributed by atoms with Gasteiger partial charge in [0.1, 0.15) is 5.82 Å². The van der Waals surface area contributed by atoms with Crippen LogP contribution in [0.15, 0.2) is 45.8 Å². The second-order valence-corrected chi connectivity index (χ2v) is 7.07. The maximum atomic E-state index is 13.3. The van der Waals surface area contributed by atoms with E-state index in [-0.39, 0.29) is 11.9 Å². The molecule has 0 spiro atoms. The first-order valence-electron chi connectivity index (χ1n) is 6.27. The fourth-order valence-corrected chi connectivity index (χ4v) is 3.97. The fraction of sp³-hybridized carbons (Fsp3) is 0.200. The molecule has 0 saturated heterocycles. The second kappa shape index (κ2) is 5.96. The van der Waals surface area contributed by atoms with Gasteiger partial charge in [-0.2, -0.15) is 0 Å². The SMILES string of the molecule is Fc1ccc(NC2CCSc3ccc(Cl)cc32)cc1Br. The zero-order chi connectivity index (χ0) is 14.1. The molecule has 0 amide bonds. The minimum Gasteiger partial charge on any atom is -0.378 e. The lowest BCUT2D eigenvalue weighted by Crippen LogP contribution is -2.16. The Labute approximate surface area is 135 Å². The summed E-state index contributed by atoms with van der Waals surface area (Å²) in [7, 11) is 0. The second-order valence-electron chi connectivity index (χ2n) is 4.65. The van der Waals surface area contributed by atoms with Gasteiger partial charge in [-0.1, -0.05) is 11.6 Å². The van der Waals surface area contributed by atoms with Gasteiger partial charge in [0, 0.05) is 21.4 Å². The van der Waals surface area contributed by atoms with Crippen LogP contribution in [0, 0.1) is 5.82 Å². The molecule has 1 nitrogen and oxygen atoms in total. The normalized spacial score (nSPS) is 17.6. The van der Waals surface area contributed by atoms with E-state index in [4.69, 9.17) is 11.6 Å². The number of hydrogen-bond acceptors (Lipinski definition) is 2. The van der Waals surface area contributed by atoms with Gasteiger partial charge in [0.2, 0.25) is 0 Å². The minimum atomic E-state index is -0.252. The van der Waals surface area contributed by atoms with Gasteiger partial charge >= 0.3 is 0 Å². The van der Waals surface area contributed by atoms with E-state index in [0.29, 0.717) is 4.47 Å². The molecule has 3 rings (SSSR count). The fourth-order valence-electron chi connectivity index (χ4n) is 2.30. The lowest BCUT2D eigenvalue weighted by molar-refractivity contribution is 0.621. The van der Waals surface area contributed by atoms with Gasteiger partial charge in [-0.05, 0) is 64.3 Å². The van der Waals surface area contributed by atoms with Crippen LogP contribution in [0.3, 0.4) is 0 Å². The van der Waals surface area contributed by atoms with E-state index in [1.807, 2.05) is 23.9 Å². The lowest BCUT2D eigenvalue weighted by Gasteiger charge is -2.27. The smallest absolute Gasteiger partial charge is 0.137 e. The molecular formula is C15H12BrClFNS. The molecule has 0 radical (unpaired) electrons. The minimum absolute atomic E-state index is 0.210. The van der Waals surface area contributed by atoms with Crippen LogP contribution in [0.25, 0.3) is 0 Å². The first-order chi connectivity index (χ1) is 9.63. The molecule has 1 N–H and O–H groups in total. The molecule has 1 aliphatic heterocycles. The van der Waals surface area contributed by atoms with Crippen molar-refractivity contribution in [2.24, 2.45) is 0 Å². The predicted octanol–water partition coefficient (Wildman–Crippen LogP) is 5.89. The highest BCUT2D eigenvalue weighted by molar-refractivity contribution is 9.10. The molecule has 0 bridgehead atoms. The van der Waals surface area contributed by atoms with Gasteiger partial charge in [0.05, 0.1) is 10.5 Å². The van der Waals surface area contributed by atoms with E-state index in [0.717, 1.165) is 22.9 Å². The maximum absolute atomic E-state index is 13.3. The summed E-state index contributed by atoms with van der Waals surface area (Å²) in [6.45, 7) is 0. The third-order valence-electron chi connectivity index (χ3n) is 3.27. The van der Waals surface area contributed by atoms with Gasteiger partial charge in [0.25, 0.3) is 0 Å². The monoisotopic (exact) mass is 371 g/mol. The van der Waals surface area contributed by atoms with Crippen LogP contribution >= 0.6 is 39.3 Å². The van der Waals surface area contributed by atoms with Crippen molar-refractivity contribution in [1.82, 2.24) is 0 Å². The Hall–Kier alpha value is -0.710. The molecule has 0 saturated carbocycles. The third kappa shape index (κ3) is 2.97. The predicted molar refractivity (Wildman–Crippen MR) is 87.3 cm³/mol. The van der Waals surface area contributed by atoms with E-state index in [1.54, 1.807) is 12.1 Å². The van der Waals surface area contributed by atoms with Crippen molar-refractivity contribution in [2.75, 3.05) is 11.1 Å². The molecule has 1 aliphatic rings. The molecule has 1 unspecified atom stereocenters. The molecule has 0 aliphatic carbocycles. The van der Waals surface area contributed by atoms with Crippen LogP contribution in [0.4, 0.5) is 10.1 Å². The number of hydrogen-bond donors (Lipinski definition) is 1. The van der Waals surface area contributed by atoms with Crippen LogP contribution in [0.2, 0.25) is 5.02 Å². The summed E-state index contributed by atoms with van der Waals surface area (Å²) in [6.07, 6.45) is 1.02. The van der Waals surface area contributed by atoms with Crippen LogP contribution in [0.5, 0.6) is 0 Å². The lowest BCUT2D eigenvalue weighted by atomic mass is 10.0. The van der Waals surface area contributed by atoms with Gasteiger partial charge in [0.15, 0.2) is 0 Å². The number of nitrogens with one attached hydrogen (secondary N) is 1. The maximum Gasteiger partial charge on any atom is 0.137 e. The van der Waals surface area contributed by atoms with Crippen molar-refractivity contribution in [3.05, 3.63) is 57.3 Å². The Morgan fingerprint density at radius 2 is 2.10 bits per heavy atom. The average molecular weight is 373 g/mol. The standard InChI is InChI=1S/C15H12BrClFNS/c16-12-8-10(2-3-13(12)18)19-14-5-6-20-15-4-1-9(17)7-11(14)15/h1-4,7-8,14,19H,5-6H2. The summed E-state index contributed by atoms with van der Waals surface area (Å²) in [5.41, 5.74) is 2.12. The number of anilines is 1. The van der Waals surface area contributed by atoms with Gasteiger partial charge in [-0.15, -0.1) is 11.8 Å². The molecule has 20 heavy (non-hydrogen) atoms. The first-order valence-corrected chi connectivity index (χ1v) is 8.43. The Morgan fingerprint density at radius 3 is 2.90 bits per heavy atom. The molecule has 2 aromatic rings. The Balaban J connectivity index is 1.89. The molecular weight excluding hydrogens is 361 g/mol. The molecule has 5 heteroatoms.